The third-order valence-electron chi connectivity index (χ3n) is 4.02. The van der Waals surface area contributed by atoms with Crippen molar-refractivity contribution >= 4 is 23.1 Å². The second-order valence-electron chi connectivity index (χ2n) is 5.63. The maximum absolute atomic E-state index is 3.84. The summed E-state index contributed by atoms with van der Waals surface area (Å²) in [6.07, 6.45) is 1.21. The van der Waals surface area contributed by atoms with Gasteiger partial charge in [0.1, 0.15) is 0 Å². The zero-order valence-electron chi connectivity index (χ0n) is 12.2. The zero-order chi connectivity index (χ0) is 14.1. The molecule has 0 aliphatic carbocycles. The van der Waals surface area contributed by atoms with Gasteiger partial charge in [0.2, 0.25) is 0 Å². The minimum Gasteiger partial charge on any atom is -0.303 e. The van der Waals surface area contributed by atoms with E-state index in [1.807, 2.05) is 23.1 Å². The molecule has 0 saturated carbocycles. The highest BCUT2D eigenvalue weighted by Crippen LogP contribution is 2.44. The molecule has 20 heavy (non-hydrogen) atoms. The lowest BCUT2D eigenvalue weighted by molar-refractivity contribution is 0.434. The fraction of sp³-hybridized carbons (Fsp3) is 0.412. The number of fused-ring (bicyclic) bond motifs is 1. The fourth-order valence-corrected chi connectivity index (χ4v) is 5.54. The Morgan fingerprint density at radius 1 is 1.25 bits per heavy atom. The Labute approximate surface area is 129 Å². The Hall–Kier alpha value is -0.770. The molecule has 1 aromatic heterocycles. The van der Waals surface area contributed by atoms with Gasteiger partial charge in [0, 0.05) is 17.3 Å². The first kappa shape index (κ1) is 14.2. The van der Waals surface area contributed by atoms with Gasteiger partial charge in [-0.2, -0.15) is 0 Å². The van der Waals surface area contributed by atoms with E-state index in [0.717, 1.165) is 0 Å². The summed E-state index contributed by atoms with van der Waals surface area (Å²) in [5, 5.41) is 6.76. The van der Waals surface area contributed by atoms with Gasteiger partial charge in [-0.05, 0) is 48.4 Å². The number of aryl methyl sites for hydroxylation is 1. The second kappa shape index (κ2) is 5.92. The van der Waals surface area contributed by atoms with Crippen molar-refractivity contribution < 1.29 is 0 Å². The van der Waals surface area contributed by atoms with Gasteiger partial charge in [-0.25, -0.2) is 0 Å². The molecule has 1 unspecified atom stereocenters. The van der Waals surface area contributed by atoms with Crippen molar-refractivity contribution in [2.75, 3.05) is 0 Å². The van der Waals surface area contributed by atoms with E-state index in [4.69, 9.17) is 0 Å². The van der Waals surface area contributed by atoms with E-state index in [-0.39, 0.29) is 0 Å². The van der Waals surface area contributed by atoms with E-state index in [1.165, 1.54) is 27.3 Å². The van der Waals surface area contributed by atoms with Crippen molar-refractivity contribution in [3.05, 3.63) is 52.4 Å². The molecule has 1 aromatic carbocycles. The van der Waals surface area contributed by atoms with Gasteiger partial charge < -0.3 is 5.32 Å². The molecule has 1 N–H and O–H groups in total. The van der Waals surface area contributed by atoms with Crippen LogP contribution >= 0.6 is 23.1 Å². The summed E-state index contributed by atoms with van der Waals surface area (Å²) in [6, 6.07) is 11.9. The van der Waals surface area contributed by atoms with E-state index in [1.54, 1.807) is 0 Å². The summed E-state index contributed by atoms with van der Waals surface area (Å²) in [4.78, 5) is 0. The molecular formula is C17H21NS2. The molecule has 106 valence electrons. The van der Waals surface area contributed by atoms with Crippen LogP contribution in [0.2, 0.25) is 0 Å². The monoisotopic (exact) mass is 303 g/mol. The molecular weight excluding hydrogens is 282 g/mol. The summed E-state index contributed by atoms with van der Waals surface area (Å²) in [5.74, 6) is 0. The Morgan fingerprint density at radius 2 is 2.05 bits per heavy atom. The first-order valence-corrected chi connectivity index (χ1v) is 8.96. The summed E-state index contributed by atoms with van der Waals surface area (Å²) < 4.78 is 1.50. The van der Waals surface area contributed by atoms with E-state index >= 15 is 0 Å². The minimum absolute atomic E-state index is 0.393. The SMILES string of the molecule is Cc1ccccc1[C@H](C)NC1C[C@H](C)Sc2sccc21. The maximum Gasteiger partial charge on any atom is 0.0649 e. The van der Waals surface area contributed by atoms with Crippen molar-refractivity contribution in [2.24, 2.45) is 0 Å². The van der Waals surface area contributed by atoms with Crippen LogP contribution in [0.25, 0.3) is 0 Å². The normalized spacial score (nSPS) is 23.4. The number of benzene rings is 1. The Bertz CT molecular complexity index is 590. The summed E-state index contributed by atoms with van der Waals surface area (Å²) in [5.41, 5.74) is 4.28. The second-order valence-corrected chi connectivity index (χ2v) is 8.25. The average Bonchev–Trinajstić information content (AvgIpc) is 2.87. The quantitative estimate of drug-likeness (QED) is 0.822. The number of thioether (sulfide) groups is 1. The molecule has 1 nitrogen and oxygen atoms in total. The molecule has 3 atom stereocenters. The van der Waals surface area contributed by atoms with Gasteiger partial charge in [0.15, 0.2) is 0 Å². The molecule has 2 aromatic rings. The van der Waals surface area contributed by atoms with Crippen molar-refractivity contribution in [3.63, 3.8) is 0 Å². The van der Waals surface area contributed by atoms with Crippen LogP contribution in [0.5, 0.6) is 0 Å². The van der Waals surface area contributed by atoms with Crippen LogP contribution in [0.1, 0.15) is 49.0 Å². The lowest BCUT2D eigenvalue weighted by Gasteiger charge is -2.30. The predicted octanol–water partition coefficient (Wildman–Crippen LogP) is 5.33. The van der Waals surface area contributed by atoms with Crippen molar-refractivity contribution in [3.8, 4) is 0 Å². The molecule has 0 bridgehead atoms. The van der Waals surface area contributed by atoms with Crippen molar-refractivity contribution in [1.82, 2.24) is 5.32 Å². The van der Waals surface area contributed by atoms with Crippen molar-refractivity contribution in [1.29, 1.82) is 0 Å². The molecule has 3 rings (SSSR count). The smallest absolute Gasteiger partial charge is 0.0649 e. The van der Waals surface area contributed by atoms with Crippen molar-refractivity contribution in [2.45, 2.75) is 48.7 Å². The molecule has 0 amide bonds. The van der Waals surface area contributed by atoms with E-state index in [0.29, 0.717) is 17.3 Å². The molecule has 0 saturated heterocycles. The largest absolute Gasteiger partial charge is 0.303 e. The highest BCUT2D eigenvalue weighted by atomic mass is 32.2. The van der Waals surface area contributed by atoms with E-state index in [9.17, 15) is 0 Å². The fourth-order valence-electron chi connectivity index (χ4n) is 2.97. The van der Waals surface area contributed by atoms with Gasteiger partial charge in [0.25, 0.3) is 0 Å². The highest BCUT2D eigenvalue weighted by Gasteiger charge is 2.27. The number of thiophene rings is 1. The minimum atomic E-state index is 0.393. The lowest BCUT2D eigenvalue weighted by atomic mass is 9.99. The van der Waals surface area contributed by atoms with Crippen LogP contribution in [0, 0.1) is 6.92 Å². The van der Waals surface area contributed by atoms with Crippen LogP contribution in [0.15, 0.2) is 39.9 Å². The van der Waals surface area contributed by atoms with Gasteiger partial charge in [-0.15, -0.1) is 23.1 Å². The number of hydrogen-bond donors (Lipinski definition) is 1. The topological polar surface area (TPSA) is 12.0 Å². The molecule has 0 radical (unpaired) electrons. The highest BCUT2D eigenvalue weighted by molar-refractivity contribution is 8.01. The Kier molecular flexibility index (Phi) is 4.20. The first-order chi connectivity index (χ1) is 9.65. The summed E-state index contributed by atoms with van der Waals surface area (Å²) in [7, 11) is 0. The van der Waals surface area contributed by atoms with Crippen LogP contribution in [-0.2, 0) is 0 Å². The van der Waals surface area contributed by atoms with Crippen LogP contribution < -0.4 is 5.32 Å². The Balaban J connectivity index is 1.80. The van der Waals surface area contributed by atoms with E-state index < -0.39 is 0 Å². The number of rotatable bonds is 3. The molecule has 3 heteroatoms. The first-order valence-electron chi connectivity index (χ1n) is 7.20. The standard InChI is InChI=1S/C17H21NS2/c1-11-6-4-5-7-14(11)13(3)18-16-10-12(2)20-17-15(16)8-9-19-17/h4-9,12-13,16,18H,10H2,1-3H3/t12-,13-,16?/m0/s1. The zero-order valence-corrected chi connectivity index (χ0v) is 13.9. The third kappa shape index (κ3) is 2.80. The van der Waals surface area contributed by atoms with Gasteiger partial charge in [-0.1, -0.05) is 31.2 Å². The predicted molar refractivity (Wildman–Crippen MR) is 89.7 cm³/mol. The number of hydrogen-bond acceptors (Lipinski definition) is 3. The van der Waals surface area contributed by atoms with Crippen LogP contribution in [0.3, 0.4) is 0 Å². The van der Waals surface area contributed by atoms with Gasteiger partial charge in [0.05, 0.1) is 4.21 Å². The Morgan fingerprint density at radius 3 is 2.85 bits per heavy atom. The van der Waals surface area contributed by atoms with Gasteiger partial charge in [-0.3, -0.25) is 0 Å². The number of nitrogens with one attached hydrogen (secondary N) is 1. The average molecular weight is 303 g/mol. The summed E-state index contributed by atoms with van der Waals surface area (Å²) >= 11 is 3.91. The molecule has 0 spiro atoms. The molecule has 2 heterocycles. The molecule has 0 fully saturated rings. The van der Waals surface area contributed by atoms with E-state index in [2.05, 4.69) is 61.8 Å². The van der Waals surface area contributed by atoms with Crippen LogP contribution in [-0.4, -0.2) is 5.25 Å². The maximum atomic E-state index is 3.84. The van der Waals surface area contributed by atoms with Crippen LogP contribution in [0.4, 0.5) is 0 Å². The summed E-state index contributed by atoms with van der Waals surface area (Å²) in [6.45, 7) is 6.81. The molecule has 1 aliphatic heterocycles. The molecule has 1 aliphatic rings. The lowest BCUT2D eigenvalue weighted by Crippen LogP contribution is -2.29. The van der Waals surface area contributed by atoms with Gasteiger partial charge >= 0.3 is 0 Å². The third-order valence-corrected chi connectivity index (χ3v) is 6.36.